The number of rotatable bonds is 5. The highest BCUT2D eigenvalue weighted by atomic mass is 16.3. The van der Waals surface area contributed by atoms with Crippen LogP contribution in [-0.4, -0.2) is 29.3 Å². The van der Waals surface area contributed by atoms with E-state index in [1.165, 1.54) is 11.1 Å². The van der Waals surface area contributed by atoms with E-state index < -0.39 is 0 Å². The first kappa shape index (κ1) is 15.4. The molecule has 0 atom stereocenters. The molecule has 1 aromatic heterocycles. The quantitative estimate of drug-likeness (QED) is 0.682. The van der Waals surface area contributed by atoms with Gasteiger partial charge in [-0.15, -0.1) is 0 Å². The molecule has 0 radical (unpaired) electrons. The highest BCUT2D eigenvalue weighted by molar-refractivity contribution is 5.82. The van der Waals surface area contributed by atoms with Gasteiger partial charge in [-0.1, -0.05) is 13.8 Å². The van der Waals surface area contributed by atoms with Gasteiger partial charge in [-0.3, -0.25) is 0 Å². The summed E-state index contributed by atoms with van der Waals surface area (Å²) >= 11 is 0. The van der Waals surface area contributed by atoms with E-state index in [4.69, 9.17) is 5.11 Å². The van der Waals surface area contributed by atoms with Crippen LogP contribution < -0.4 is 10.6 Å². The number of aliphatic hydroxyl groups excluding tert-OH is 1. The number of aryl methyl sites for hydroxylation is 1. The Morgan fingerprint density at radius 1 is 1.29 bits per heavy atom. The van der Waals surface area contributed by atoms with Crippen molar-refractivity contribution in [2.75, 3.05) is 13.2 Å². The van der Waals surface area contributed by atoms with Gasteiger partial charge < -0.3 is 20.7 Å². The first-order chi connectivity index (χ1) is 10.0. The summed E-state index contributed by atoms with van der Waals surface area (Å²) < 4.78 is 0. The Morgan fingerprint density at radius 2 is 2.05 bits per heavy atom. The Hall–Kier alpha value is -2.01. The summed E-state index contributed by atoms with van der Waals surface area (Å²) in [5, 5.41) is 15.1. The van der Waals surface area contributed by atoms with Gasteiger partial charge in [0.2, 0.25) is 0 Å². The molecule has 114 valence electrons. The molecule has 0 saturated carbocycles. The largest absolute Gasteiger partial charge is 0.395 e. The van der Waals surface area contributed by atoms with E-state index in [1.807, 2.05) is 0 Å². The molecule has 0 aliphatic rings. The number of benzene rings is 1. The molecule has 0 unspecified atom stereocenters. The summed E-state index contributed by atoms with van der Waals surface area (Å²) in [6.45, 7) is 7.13. The smallest absolute Gasteiger partial charge is 0.315 e. The number of aliphatic hydroxyl groups is 1. The second-order valence-electron chi connectivity index (χ2n) is 5.58. The van der Waals surface area contributed by atoms with Gasteiger partial charge in [0.15, 0.2) is 0 Å². The third-order valence-corrected chi connectivity index (χ3v) is 3.52. The lowest BCUT2D eigenvalue weighted by Crippen LogP contribution is -2.36. The SMILES string of the molecule is Cc1cc2cc(CNC(=O)NCCO)[nH]c2cc1C(C)C. The summed E-state index contributed by atoms with van der Waals surface area (Å²) in [6, 6.07) is 6.14. The average molecular weight is 289 g/mol. The summed E-state index contributed by atoms with van der Waals surface area (Å²) in [7, 11) is 0. The number of carbonyl (C=O) groups is 1. The maximum absolute atomic E-state index is 11.4. The fourth-order valence-electron chi connectivity index (χ4n) is 2.50. The summed E-state index contributed by atoms with van der Waals surface area (Å²) in [6.07, 6.45) is 0. The van der Waals surface area contributed by atoms with Gasteiger partial charge in [0.25, 0.3) is 0 Å². The predicted octanol–water partition coefficient (Wildman–Crippen LogP) is 2.39. The molecule has 0 saturated heterocycles. The fourth-order valence-corrected chi connectivity index (χ4v) is 2.50. The first-order valence-corrected chi connectivity index (χ1v) is 7.26. The van der Waals surface area contributed by atoms with Crippen molar-refractivity contribution in [2.45, 2.75) is 33.2 Å². The third kappa shape index (κ3) is 3.76. The molecule has 2 amide bonds. The summed E-state index contributed by atoms with van der Waals surface area (Å²) in [4.78, 5) is 14.8. The maximum Gasteiger partial charge on any atom is 0.315 e. The van der Waals surface area contributed by atoms with Crippen LogP contribution in [0, 0.1) is 6.92 Å². The zero-order valence-electron chi connectivity index (χ0n) is 12.8. The number of aromatic amines is 1. The number of amides is 2. The van der Waals surface area contributed by atoms with Crippen molar-refractivity contribution in [1.29, 1.82) is 0 Å². The number of H-pyrrole nitrogens is 1. The number of nitrogens with one attached hydrogen (secondary N) is 3. The average Bonchev–Trinajstić information content (AvgIpc) is 2.83. The van der Waals surface area contributed by atoms with Gasteiger partial charge in [0, 0.05) is 17.8 Å². The van der Waals surface area contributed by atoms with E-state index in [-0.39, 0.29) is 19.2 Å². The highest BCUT2D eigenvalue weighted by Gasteiger charge is 2.08. The van der Waals surface area contributed by atoms with Crippen LogP contribution in [0.5, 0.6) is 0 Å². The summed E-state index contributed by atoms with van der Waals surface area (Å²) in [5.41, 5.74) is 4.68. The van der Waals surface area contributed by atoms with Crippen LogP contribution in [-0.2, 0) is 6.54 Å². The van der Waals surface area contributed by atoms with Gasteiger partial charge in [0.1, 0.15) is 0 Å². The van der Waals surface area contributed by atoms with Crippen molar-refractivity contribution in [3.05, 3.63) is 35.0 Å². The minimum Gasteiger partial charge on any atom is -0.395 e. The van der Waals surface area contributed by atoms with Gasteiger partial charge in [-0.05, 0) is 47.6 Å². The van der Waals surface area contributed by atoms with Crippen LogP contribution in [0.2, 0.25) is 0 Å². The molecule has 5 heteroatoms. The van der Waals surface area contributed by atoms with Crippen LogP contribution >= 0.6 is 0 Å². The standard InChI is InChI=1S/C16H23N3O2/c1-10(2)14-8-15-12(6-11(14)3)7-13(19-15)9-18-16(21)17-4-5-20/h6-8,10,19-20H,4-5,9H2,1-3H3,(H2,17,18,21). The number of hydrogen-bond donors (Lipinski definition) is 4. The van der Waals surface area contributed by atoms with Crippen molar-refractivity contribution in [1.82, 2.24) is 15.6 Å². The van der Waals surface area contributed by atoms with Crippen LogP contribution in [0.3, 0.4) is 0 Å². The van der Waals surface area contributed by atoms with Gasteiger partial charge in [-0.25, -0.2) is 4.79 Å². The van der Waals surface area contributed by atoms with Crippen LogP contribution in [0.1, 0.15) is 36.6 Å². The molecular formula is C16H23N3O2. The highest BCUT2D eigenvalue weighted by Crippen LogP contribution is 2.25. The number of carbonyl (C=O) groups excluding carboxylic acids is 1. The number of urea groups is 1. The molecule has 1 aromatic carbocycles. The fraction of sp³-hybridized carbons (Fsp3) is 0.438. The number of fused-ring (bicyclic) bond motifs is 1. The minimum atomic E-state index is -0.276. The Balaban J connectivity index is 2.10. The summed E-state index contributed by atoms with van der Waals surface area (Å²) in [5.74, 6) is 0.489. The first-order valence-electron chi connectivity index (χ1n) is 7.26. The van der Waals surface area contributed by atoms with E-state index in [1.54, 1.807) is 0 Å². The van der Waals surface area contributed by atoms with E-state index in [2.05, 4.69) is 54.6 Å². The molecule has 0 aliphatic carbocycles. The normalized spacial score (nSPS) is 11.1. The lowest BCUT2D eigenvalue weighted by molar-refractivity contribution is 0.234. The molecule has 4 N–H and O–H groups in total. The Labute approximate surface area is 124 Å². The van der Waals surface area contributed by atoms with Crippen molar-refractivity contribution < 1.29 is 9.90 Å². The number of aromatic nitrogens is 1. The van der Waals surface area contributed by atoms with E-state index >= 15 is 0 Å². The zero-order valence-corrected chi connectivity index (χ0v) is 12.8. The lowest BCUT2D eigenvalue weighted by atomic mass is 9.97. The molecule has 0 bridgehead atoms. The van der Waals surface area contributed by atoms with Crippen molar-refractivity contribution in [2.24, 2.45) is 0 Å². The minimum absolute atomic E-state index is 0.0585. The van der Waals surface area contributed by atoms with Crippen molar-refractivity contribution in [3.63, 3.8) is 0 Å². The molecule has 0 aliphatic heterocycles. The zero-order chi connectivity index (χ0) is 15.4. The van der Waals surface area contributed by atoms with E-state index in [0.29, 0.717) is 12.5 Å². The molecule has 5 nitrogen and oxygen atoms in total. The Bertz CT molecular complexity index is 632. The van der Waals surface area contributed by atoms with E-state index in [9.17, 15) is 4.79 Å². The second kappa shape index (κ2) is 6.63. The third-order valence-electron chi connectivity index (χ3n) is 3.52. The molecule has 2 rings (SSSR count). The van der Waals surface area contributed by atoms with Crippen LogP contribution in [0.4, 0.5) is 4.79 Å². The van der Waals surface area contributed by atoms with Gasteiger partial charge in [-0.2, -0.15) is 0 Å². The molecule has 2 aromatic rings. The number of hydrogen-bond acceptors (Lipinski definition) is 2. The van der Waals surface area contributed by atoms with Crippen molar-refractivity contribution in [3.8, 4) is 0 Å². The molecule has 0 spiro atoms. The molecule has 0 fully saturated rings. The Kier molecular flexibility index (Phi) is 4.85. The Morgan fingerprint density at radius 3 is 2.71 bits per heavy atom. The van der Waals surface area contributed by atoms with Crippen LogP contribution in [0.25, 0.3) is 10.9 Å². The van der Waals surface area contributed by atoms with Gasteiger partial charge in [0.05, 0.1) is 13.2 Å². The van der Waals surface area contributed by atoms with E-state index in [0.717, 1.165) is 16.6 Å². The maximum atomic E-state index is 11.4. The second-order valence-corrected chi connectivity index (χ2v) is 5.58. The van der Waals surface area contributed by atoms with Gasteiger partial charge >= 0.3 is 6.03 Å². The topological polar surface area (TPSA) is 77.2 Å². The molecule has 1 heterocycles. The predicted molar refractivity (Wildman–Crippen MR) is 84.4 cm³/mol. The molecule has 21 heavy (non-hydrogen) atoms. The van der Waals surface area contributed by atoms with Crippen molar-refractivity contribution >= 4 is 16.9 Å². The molecular weight excluding hydrogens is 266 g/mol. The van der Waals surface area contributed by atoms with Crippen LogP contribution in [0.15, 0.2) is 18.2 Å². The monoisotopic (exact) mass is 289 g/mol. The lowest BCUT2D eigenvalue weighted by Gasteiger charge is -2.09.